The fourth-order valence-corrected chi connectivity index (χ4v) is 3.97. The molecule has 0 saturated carbocycles. The highest BCUT2D eigenvalue weighted by Gasteiger charge is 2.28. The van der Waals surface area contributed by atoms with Crippen molar-refractivity contribution in [3.05, 3.63) is 76.2 Å². The third-order valence-electron chi connectivity index (χ3n) is 5.45. The van der Waals surface area contributed by atoms with Gasteiger partial charge in [-0.2, -0.15) is 5.10 Å². The lowest BCUT2D eigenvalue weighted by molar-refractivity contribution is -0.139. The Bertz CT molecular complexity index is 1230. The number of halogens is 2. The largest absolute Gasteiger partial charge is 0.481 e. The van der Waals surface area contributed by atoms with Crippen molar-refractivity contribution in [3.8, 4) is 11.6 Å². The SMILES string of the molecule is CC(C)c1c(C(=O)NCc2cccc(Cl)c2)nn(-c2ccc(F)cc2)c1OC[C@@H](O)C[C@@H](O)CC(=O)O. The molecule has 9 nitrogen and oxygen atoms in total. The number of rotatable bonds is 12. The summed E-state index contributed by atoms with van der Waals surface area (Å²) in [5, 5.41) is 36.8. The number of carbonyl (C=O) groups excluding carboxylic acids is 1. The molecule has 3 aromatic rings. The topological polar surface area (TPSA) is 134 Å². The number of hydrogen-bond donors (Lipinski definition) is 4. The summed E-state index contributed by atoms with van der Waals surface area (Å²) < 4.78 is 20.8. The predicted octanol–water partition coefficient (Wildman–Crippen LogP) is 3.68. The maximum absolute atomic E-state index is 13.6. The molecule has 3 rings (SSSR count). The second-order valence-corrected chi connectivity index (χ2v) is 9.31. The Morgan fingerprint density at radius 1 is 1.14 bits per heavy atom. The minimum atomic E-state index is -1.25. The van der Waals surface area contributed by atoms with Gasteiger partial charge in [0.15, 0.2) is 5.69 Å². The van der Waals surface area contributed by atoms with Crippen LogP contribution in [0.5, 0.6) is 5.88 Å². The van der Waals surface area contributed by atoms with Crippen LogP contribution < -0.4 is 10.1 Å². The fourth-order valence-electron chi connectivity index (χ4n) is 3.75. The Morgan fingerprint density at radius 3 is 2.46 bits per heavy atom. The molecule has 0 aliphatic rings. The molecule has 37 heavy (non-hydrogen) atoms. The number of nitrogens with one attached hydrogen (secondary N) is 1. The molecule has 4 N–H and O–H groups in total. The van der Waals surface area contributed by atoms with Gasteiger partial charge in [0.05, 0.1) is 24.3 Å². The third kappa shape index (κ3) is 7.75. The van der Waals surface area contributed by atoms with E-state index in [4.69, 9.17) is 21.4 Å². The molecule has 11 heteroatoms. The zero-order chi connectivity index (χ0) is 27.1. The smallest absolute Gasteiger partial charge is 0.305 e. The van der Waals surface area contributed by atoms with Crippen LogP contribution in [0.25, 0.3) is 5.69 Å². The normalized spacial score (nSPS) is 12.8. The van der Waals surface area contributed by atoms with Crippen molar-refractivity contribution in [1.29, 1.82) is 0 Å². The van der Waals surface area contributed by atoms with Crippen LogP contribution in [0.1, 0.15) is 54.2 Å². The van der Waals surface area contributed by atoms with Crippen molar-refractivity contribution in [2.45, 2.75) is 51.4 Å². The van der Waals surface area contributed by atoms with Gasteiger partial charge in [-0.15, -0.1) is 0 Å². The Balaban J connectivity index is 1.90. The number of amides is 1. The molecule has 1 amide bonds. The van der Waals surface area contributed by atoms with E-state index in [-0.39, 0.29) is 37.1 Å². The summed E-state index contributed by atoms with van der Waals surface area (Å²) >= 11 is 6.03. The highest BCUT2D eigenvalue weighted by atomic mass is 35.5. The Kier molecular flexibility index (Phi) is 9.62. The fraction of sp³-hybridized carbons (Fsp3) is 0.346. The highest BCUT2D eigenvalue weighted by molar-refractivity contribution is 6.30. The molecule has 0 aliphatic carbocycles. The van der Waals surface area contributed by atoms with Crippen LogP contribution in [0.4, 0.5) is 4.39 Å². The number of benzene rings is 2. The van der Waals surface area contributed by atoms with E-state index in [1.165, 1.54) is 28.9 Å². The molecule has 1 aromatic heterocycles. The van der Waals surface area contributed by atoms with Crippen LogP contribution in [0, 0.1) is 5.82 Å². The Labute approximate surface area is 218 Å². The lowest BCUT2D eigenvalue weighted by atomic mass is 10.0. The van der Waals surface area contributed by atoms with Gasteiger partial charge >= 0.3 is 5.97 Å². The van der Waals surface area contributed by atoms with E-state index in [2.05, 4.69) is 10.4 Å². The second kappa shape index (κ2) is 12.7. The van der Waals surface area contributed by atoms with Crippen LogP contribution in [0.3, 0.4) is 0 Å². The molecule has 0 bridgehead atoms. The van der Waals surface area contributed by atoms with Crippen LogP contribution in [0.2, 0.25) is 5.02 Å². The molecule has 0 unspecified atom stereocenters. The first-order valence-corrected chi connectivity index (χ1v) is 12.0. The highest BCUT2D eigenvalue weighted by Crippen LogP contribution is 2.33. The minimum Gasteiger partial charge on any atom is -0.481 e. The average Bonchev–Trinajstić information content (AvgIpc) is 3.21. The van der Waals surface area contributed by atoms with Gasteiger partial charge in [0, 0.05) is 23.6 Å². The van der Waals surface area contributed by atoms with Crippen molar-refractivity contribution in [2.24, 2.45) is 0 Å². The molecular formula is C26H29ClFN3O6. The molecule has 0 radical (unpaired) electrons. The van der Waals surface area contributed by atoms with E-state index >= 15 is 0 Å². The van der Waals surface area contributed by atoms with Crippen molar-refractivity contribution in [1.82, 2.24) is 15.1 Å². The summed E-state index contributed by atoms with van der Waals surface area (Å²) in [6, 6.07) is 12.5. The average molecular weight is 534 g/mol. The summed E-state index contributed by atoms with van der Waals surface area (Å²) in [7, 11) is 0. The Hall–Kier alpha value is -3.47. The number of hydrogen-bond acceptors (Lipinski definition) is 6. The van der Waals surface area contributed by atoms with Gasteiger partial charge in [-0.05, 0) is 47.9 Å². The second-order valence-electron chi connectivity index (χ2n) is 8.88. The van der Waals surface area contributed by atoms with Gasteiger partial charge in [0.25, 0.3) is 5.91 Å². The van der Waals surface area contributed by atoms with E-state index < -0.39 is 36.3 Å². The maximum atomic E-state index is 13.6. The van der Waals surface area contributed by atoms with Crippen molar-refractivity contribution < 1.29 is 34.0 Å². The van der Waals surface area contributed by atoms with E-state index in [0.29, 0.717) is 16.3 Å². The van der Waals surface area contributed by atoms with Crippen LogP contribution in [0.15, 0.2) is 48.5 Å². The monoisotopic (exact) mass is 533 g/mol. The molecule has 0 spiro atoms. The van der Waals surface area contributed by atoms with Gasteiger partial charge in [0.1, 0.15) is 12.4 Å². The van der Waals surface area contributed by atoms with Gasteiger partial charge in [-0.25, -0.2) is 9.07 Å². The first-order valence-electron chi connectivity index (χ1n) is 11.7. The summed E-state index contributed by atoms with van der Waals surface area (Å²) in [5.41, 5.74) is 1.78. The molecule has 2 aromatic carbocycles. The van der Waals surface area contributed by atoms with Crippen LogP contribution >= 0.6 is 11.6 Å². The number of nitrogens with zero attached hydrogens (tertiary/aromatic N) is 2. The number of aromatic nitrogens is 2. The number of aliphatic hydroxyl groups excluding tert-OH is 2. The first kappa shape index (κ1) is 28.1. The molecule has 1 heterocycles. The summed E-state index contributed by atoms with van der Waals surface area (Å²) in [6.45, 7) is 3.60. The van der Waals surface area contributed by atoms with E-state index in [0.717, 1.165) is 5.56 Å². The van der Waals surface area contributed by atoms with Gasteiger partial charge in [-0.1, -0.05) is 37.6 Å². The minimum absolute atomic E-state index is 0.0942. The molecule has 0 saturated heterocycles. The summed E-state index contributed by atoms with van der Waals surface area (Å²) in [5.74, 6) is -2.17. The van der Waals surface area contributed by atoms with Crippen LogP contribution in [-0.2, 0) is 11.3 Å². The van der Waals surface area contributed by atoms with Gasteiger partial charge in [0.2, 0.25) is 5.88 Å². The maximum Gasteiger partial charge on any atom is 0.305 e. The van der Waals surface area contributed by atoms with Gasteiger partial charge < -0.3 is 25.4 Å². The number of aliphatic carboxylic acids is 1. The van der Waals surface area contributed by atoms with Crippen molar-refractivity contribution >= 4 is 23.5 Å². The molecule has 198 valence electrons. The van der Waals surface area contributed by atoms with E-state index in [1.807, 2.05) is 19.9 Å². The zero-order valence-corrected chi connectivity index (χ0v) is 21.2. The molecule has 2 atom stereocenters. The zero-order valence-electron chi connectivity index (χ0n) is 20.4. The number of carboxylic acid groups (broad SMARTS) is 1. The molecule has 0 fully saturated rings. The Morgan fingerprint density at radius 2 is 1.84 bits per heavy atom. The summed E-state index contributed by atoms with van der Waals surface area (Å²) in [4.78, 5) is 24.0. The van der Waals surface area contributed by atoms with E-state index in [1.54, 1.807) is 18.2 Å². The van der Waals surface area contributed by atoms with Gasteiger partial charge in [-0.3, -0.25) is 9.59 Å². The van der Waals surface area contributed by atoms with Crippen molar-refractivity contribution in [2.75, 3.05) is 6.61 Å². The number of carbonyl (C=O) groups is 2. The predicted molar refractivity (Wildman–Crippen MR) is 135 cm³/mol. The lowest BCUT2D eigenvalue weighted by Crippen LogP contribution is -2.26. The van der Waals surface area contributed by atoms with Crippen LogP contribution in [-0.4, -0.2) is 55.8 Å². The molecule has 0 aliphatic heterocycles. The van der Waals surface area contributed by atoms with Crippen molar-refractivity contribution in [3.63, 3.8) is 0 Å². The number of carboxylic acids is 1. The molecular weight excluding hydrogens is 505 g/mol. The van der Waals surface area contributed by atoms with E-state index in [9.17, 15) is 24.2 Å². The lowest BCUT2D eigenvalue weighted by Gasteiger charge is -2.17. The first-order chi connectivity index (χ1) is 17.5. The third-order valence-corrected chi connectivity index (χ3v) is 5.69. The standard InChI is InChI=1S/C26H29ClFN3O6/c1-15(2)23-24(25(36)29-13-16-4-3-5-17(27)10-16)30-31(19-8-6-18(28)7-9-19)26(23)37-14-21(33)11-20(32)12-22(34)35/h3-10,15,20-21,32-33H,11-14H2,1-2H3,(H,29,36)(H,34,35)/t20-,21+/m1/s1. The number of aliphatic hydroxyl groups is 2. The number of ether oxygens (including phenoxy) is 1. The quantitative estimate of drug-likeness (QED) is 0.279. The summed E-state index contributed by atoms with van der Waals surface area (Å²) in [6.07, 6.45) is -3.18.